The first kappa shape index (κ1) is 20.4. The number of hydrogen-bond acceptors (Lipinski definition) is 5. The Kier molecular flexibility index (Phi) is 7.20. The minimum atomic E-state index is -0.331. The van der Waals surface area contributed by atoms with Crippen molar-refractivity contribution in [2.45, 2.75) is 26.3 Å². The van der Waals surface area contributed by atoms with E-state index in [0.29, 0.717) is 31.8 Å². The van der Waals surface area contributed by atoms with Gasteiger partial charge >= 0.3 is 5.63 Å². The van der Waals surface area contributed by atoms with E-state index in [-0.39, 0.29) is 29.9 Å². The summed E-state index contributed by atoms with van der Waals surface area (Å²) in [4.78, 5) is 26.3. The molecule has 1 saturated heterocycles. The second-order valence-corrected chi connectivity index (χ2v) is 6.74. The number of benzene rings is 1. The molecular formula is C19H26ClN3O3. The minimum Gasteiger partial charge on any atom is -0.423 e. The number of halogens is 1. The number of nitrogens with zero attached hydrogens (tertiary/aromatic N) is 1. The number of fused-ring (bicyclic) bond motifs is 1. The van der Waals surface area contributed by atoms with Crippen molar-refractivity contribution in [3.8, 4) is 0 Å². The smallest absolute Gasteiger partial charge is 0.336 e. The SMILES string of the molecule is Cc1ccc2c(CN3CCCC(C(=O)NCCN)C3)cc(=O)oc2c1.Cl. The molecule has 26 heavy (non-hydrogen) atoms. The van der Waals surface area contributed by atoms with Crippen LogP contribution in [0.3, 0.4) is 0 Å². The van der Waals surface area contributed by atoms with Crippen molar-refractivity contribution >= 4 is 29.3 Å². The zero-order valence-corrected chi connectivity index (χ0v) is 15.8. The van der Waals surface area contributed by atoms with Gasteiger partial charge in [-0.1, -0.05) is 12.1 Å². The molecule has 1 atom stereocenters. The number of hydrogen-bond donors (Lipinski definition) is 2. The summed E-state index contributed by atoms with van der Waals surface area (Å²) >= 11 is 0. The van der Waals surface area contributed by atoms with Gasteiger partial charge < -0.3 is 15.5 Å². The second-order valence-electron chi connectivity index (χ2n) is 6.74. The van der Waals surface area contributed by atoms with Crippen LogP contribution in [0.5, 0.6) is 0 Å². The van der Waals surface area contributed by atoms with Crippen LogP contribution in [-0.4, -0.2) is 37.0 Å². The molecule has 0 bridgehead atoms. The first-order chi connectivity index (χ1) is 12.1. The zero-order valence-electron chi connectivity index (χ0n) is 15.0. The molecule has 6 nitrogen and oxygen atoms in total. The molecule has 1 aliphatic heterocycles. The third kappa shape index (κ3) is 4.84. The molecule has 1 aliphatic rings. The number of likely N-dealkylation sites (tertiary alicyclic amines) is 1. The molecule has 3 rings (SSSR count). The highest BCUT2D eigenvalue weighted by Gasteiger charge is 2.26. The van der Waals surface area contributed by atoms with Gasteiger partial charge in [0.1, 0.15) is 5.58 Å². The Hall–Kier alpha value is -1.89. The van der Waals surface area contributed by atoms with Gasteiger partial charge in [0.2, 0.25) is 5.91 Å². The molecule has 0 spiro atoms. The van der Waals surface area contributed by atoms with Crippen LogP contribution in [0.1, 0.15) is 24.0 Å². The van der Waals surface area contributed by atoms with Crippen LogP contribution in [0.15, 0.2) is 33.5 Å². The fourth-order valence-corrected chi connectivity index (χ4v) is 3.46. The summed E-state index contributed by atoms with van der Waals surface area (Å²) in [6.07, 6.45) is 1.86. The van der Waals surface area contributed by atoms with E-state index in [1.807, 2.05) is 25.1 Å². The topological polar surface area (TPSA) is 88.6 Å². The van der Waals surface area contributed by atoms with Gasteiger partial charge in [0.05, 0.1) is 5.92 Å². The molecule has 0 aliphatic carbocycles. The summed E-state index contributed by atoms with van der Waals surface area (Å²) in [6, 6.07) is 7.47. The molecule has 1 aromatic carbocycles. The van der Waals surface area contributed by atoms with Gasteiger partial charge in [0.25, 0.3) is 0 Å². The standard InChI is InChI=1S/C19H25N3O3.ClH/c1-13-4-5-16-15(10-18(23)25-17(16)9-13)12-22-8-2-3-14(11-22)19(24)21-7-6-20;/h4-5,9-10,14H,2-3,6-8,11-12,20H2,1H3,(H,21,24);1H. The fourth-order valence-electron chi connectivity index (χ4n) is 3.46. The Morgan fingerprint density at radius 3 is 2.96 bits per heavy atom. The average molecular weight is 380 g/mol. The van der Waals surface area contributed by atoms with Gasteiger partial charge in [0, 0.05) is 37.6 Å². The van der Waals surface area contributed by atoms with Crippen molar-refractivity contribution in [1.29, 1.82) is 0 Å². The molecule has 0 radical (unpaired) electrons. The molecule has 2 aromatic rings. The van der Waals surface area contributed by atoms with Crippen LogP contribution in [0.4, 0.5) is 0 Å². The molecule has 2 heterocycles. The number of carbonyl (C=O) groups is 1. The van der Waals surface area contributed by atoms with Crippen molar-refractivity contribution in [2.75, 3.05) is 26.2 Å². The number of amides is 1. The molecule has 0 saturated carbocycles. The Bertz CT molecular complexity index is 821. The third-order valence-electron chi connectivity index (χ3n) is 4.70. The zero-order chi connectivity index (χ0) is 17.8. The van der Waals surface area contributed by atoms with Gasteiger partial charge in [-0.2, -0.15) is 0 Å². The van der Waals surface area contributed by atoms with Crippen LogP contribution in [0, 0.1) is 12.8 Å². The van der Waals surface area contributed by atoms with E-state index in [2.05, 4.69) is 10.2 Å². The maximum absolute atomic E-state index is 12.2. The summed E-state index contributed by atoms with van der Waals surface area (Å²) in [5, 5.41) is 3.83. The van der Waals surface area contributed by atoms with E-state index >= 15 is 0 Å². The molecular weight excluding hydrogens is 354 g/mol. The number of nitrogens with two attached hydrogens (primary N) is 1. The lowest BCUT2D eigenvalue weighted by atomic mass is 9.96. The molecule has 1 amide bonds. The lowest BCUT2D eigenvalue weighted by Crippen LogP contribution is -2.43. The normalized spacial score (nSPS) is 17.7. The number of nitrogens with one attached hydrogen (secondary N) is 1. The Labute approximate surface area is 159 Å². The Balaban J connectivity index is 0.00000243. The monoisotopic (exact) mass is 379 g/mol. The molecule has 142 valence electrons. The molecule has 1 fully saturated rings. The maximum Gasteiger partial charge on any atom is 0.336 e. The highest BCUT2D eigenvalue weighted by Crippen LogP contribution is 2.23. The van der Waals surface area contributed by atoms with Crippen LogP contribution >= 0.6 is 12.4 Å². The average Bonchev–Trinajstić information content (AvgIpc) is 2.59. The third-order valence-corrected chi connectivity index (χ3v) is 4.70. The molecule has 1 aromatic heterocycles. The minimum absolute atomic E-state index is 0. The van der Waals surface area contributed by atoms with Crippen LogP contribution < -0.4 is 16.7 Å². The summed E-state index contributed by atoms with van der Waals surface area (Å²) in [6.45, 7) is 5.21. The van der Waals surface area contributed by atoms with Crippen molar-refractivity contribution in [3.63, 3.8) is 0 Å². The van der Waals surface area contributed by atoms with Gasteiger partial charge in [-0.05, 0) is 43.5 Å². The Morgan fingerprint density at radius 2 is 2.19 bits per heavy atom. The van der Waals surface area contributed by atoms with Gasteiger partial charge in [0.15, 0.2) is 0 Å². The van der Waals surface area contributed by atoms with E-state index in [1.165, 1.54) is 0 Å². The van der Waals surface area contributed by atoms with E-state index in [1.54, 1.807) is 6.07 Å². The Morgan fingerprint density at radius 1 is 1.38 bits per heavy atom. The number of aryl methyl sites for hydroxylation is 1. The summed E-state index contributed by atoms with van der Waals surface area (Å²) < 4.78 is 5.33. The van der Waals surface area contributed by atoms with E-state index < -0.39 is 0 Å². The first-order valence-corrected chi connectivity index (χ1v) is 8.80. The highest BCUT2D eigenvalue weighted by molar-refractivity contribution is 5.85. The van der Waals surface area contributed by atoms with Gasteiger partial charge in [-0.25, -0.2) is 4.79 Å². The fraction of sp³-hybridized carbons (Fsp3) is 0.474. The highest BCUT2D eigenvalue weighted by atomic mass is 35.5. The van der Waals surface area contributed by atoms with Crippen molar-refractivity contribution in [3.05, 3.63) is 45.8 Å². The van der Waals surface area contributed by atoms with Crippen LogP contribution in [0.25, 0.3) is 11.0 Å². The largest absolute Gasteiger partial charge is 0.423 e. The maximum atomic E-state index is 12.2. The van der Waals surface area contributed by atoms with E-state index in [4.69, 9.17) is 10.2 Å². The van der Waals surface area contributed by atoms with Gasteiger partial charge in [-0.15, -0.1) is 12.4 Å². The van der Waals surface area contributed by atoms with Crippen LogP contribution in [0.2, 0.25) is 0 Å². The predicted molar refractivity (Wildman–Crippen MR) is 105 cm³/mol. The summed E-state index contributed by atoms with van der Waals surface area (Å²) in [5.74, 6) is 0.0529. The van der Waals surface area contributed by atoms with E-state index in [0.717, 1.165) is 35.9 Å². The number of rotatable bonds is 5. The van der Waals surface area contributed by atoms with Crippen LogP contribution in [-0.2, 0) is 11.3 Å². The first-order valence-electron chi connectivity index (χ1n) is 8.80. The number of carbonyl (C=O) groups excluding carboxylic acids is 1. The molecule has 7 heteroatoms. The summed E-state index contributed by atoms with van der Waals surface area (Å²) in [5.41, 5.74) is 7.75. The molecule has 1 unspecified atom stereocenters. The lowest BCUT2D eigenvalue weighted by Gasteiger charge is -2.32. The summed E-state index contributed by atoms with van der Waals surface area (Å²) in [7, 11) is 0. The lowest BCUT2D eigenvalue weighted by molar-refractivity contribution is -0.126. The van der Waals surface area contributed by atoms with Crippen molar-refractivity contribution < 1.29 is 9.21 Å². The quantitative estimate of drug-likeness (QED) is 0.773. The second kappa shape index (κ2) is 9.16. The van der Waals surface area contributed by atoms with Crippen molar-refractivity contribution in [1.82, 2.24) is 10.2 Å². The van der Waals surface area contributed by atoms with E-state index in [9.17, 15) is 9.59 Å². The predicted octanol–water partition coefficient (Wildman–Crippen LogP) is 1.81. The van der Waals surface area contributed by atoms with Gasteiger partial charge in [-0.3, -0.25) is 9.69 Å². The van der Waals surface area contributed by atoms with Crippen molar-refractivity contribution in [2.24, 2.45) is 11.7 Å². The molecule has 3 N–H and O–H groups in total. The number of piperidine rings is 1.